The van der Waals surface area contributed by atoms with Crippen molar-refractivity contribution in [2.24, 2.45) is 7.05 Å². The zero-order valence-corrected chi connectivity index (χ0v) is 20.8. The molecule has 1 aromatic carbocycles. The summed E-state index contributed by atoms with van der Waals surface area (Å²) in [7, 11) is 1.88. The smallest absolute Gasteiger partial charge is 0.225 e. The van der Waals surface area contributed by atoms with Gasteiger partial charge in [0.1, 0.15) is 29.1 Å². The molecule has 1 aliphatic rings. The molecule has 0 aliphatic carbocycles. The van der Waals surface area contributed by atoms with Gasteiger partial charge in [-0.1, -0.05) is 6.07 Å². The lowest BCUT2D eigenvalue weighted by Gasteiger charge is -2.35. The summed E-state index contributed by atoms with van der Waals surface area (Å²) in [5, 5.41) is 19.6. The van der Waals surface area contributed by atoms with E-state index in [4.69, 9.17) is 0 Å². The highest BCUT2D eigenvalue weighted by atomic mass is 19.1. The van der Waals surface area contributed by atoms with E-state index in [-0.39, 0.29) is 5.56 Å². The molecule has 0 spiro atoms. The van der Waals surface area contributed by atoms with Crippen LogP contribution in [0.25, 0.3) is 16.6 Å². The van der Waals surface area contributed by atoms with E-state index in [9.17, 15) is 13.9 Å². The molecule has 10 nitrogen and oxygen atoms in total. The summed E-state index contributed by atoms with van der Waals surface area (Å²) in [6.07, 6.45) is 10.1. The van der Waals surface area contributed by atoms with Crippen LogP contribution in [0.5, 0.6) is 0 Å². The standard InChI is InChI=1S/C26H25F2N9O/c1-26(38,23-20(27)4-3-5-21(23)28)19-12-29-25(30-13-19)36-8-6-35(7-9-36)24-22-10-17(15-37(22)33-16-31-24)18-11-32-34(2)14-18/h3-5,10-16,38H,6-9H2,1-2H3/t26-/m0/s1. The maximum atomic E-state index is 14.3. The highest BCUT2D eigenvalue weighted by Crippen LogP contribution is 2.33. The van der Waals surface area contributed by atoms with Gasteiger partial charge >= 0.3 is 0 Å². The number of fused-ring (bicyclic) bond motifs is 1. The zero-order chi connectivity index (χ0) is 26.4. The first-order valence-electron chi connectivity index (χ1n) is 12.1. The first-order chi connectivity index (χ1) is 18.3. The van der Waals surface area contributed by atoms with Crippen molar-refractivity contribution in [1.82, 2.24) is 34.3 Å². The lowest BCUT2D eigenvalue weighted by molar-refractivity contribution is 0.0926. The fraction of sp³-hybridized carbons (Fsp3) is 0.269. The van der Waals surface area contributed by atoms with Crippen molar-refractivity contribution < 1.29 is 13.9 Å². The Hall–Kier alpha value is -4.45. The normalized spacial score (nSPS) is 15.7. The molecule has 5 heterocycles. The second-order valence-electron chi connectivity index (χ2n) is 9.46. The number of aliphatic hydroxyl groups is 1. The fourth-order valence-corrected chi connectivity index (χ4v) is 4.85. The van der Waals surface area contributed by atoms with Crippen molar-refractivity contribution >= 4 is 17.3 Å². The molecule has 1 aliphatic heterocycles. The van der Waals surface area contributed by atoms with Crippen molar-refractivity contribution in [2.75, 3.05) is 36.0 Å². The molecule has 38 heavy (non-hydrogen) atoms. The molecule has 0 unspecified atom stereocenters. The number of halogens is 2. The summed E-state index contributed by atoms with van der Waals surface area (Å²) in [6, 6.07) is 5.54. The third-order valence-corrected chi connectivity index (χ3v) is 6.94. The van der Waals surface area contributed by atoms with Crippen LogP contribution in [0.3, 0.4) is 0 Å². The van der Waals surface area contributed by atoms with Gasteiger partial charge in [0.15, 0.2) is 5.82 Å². The summed E-state index contributed by atoms with van der Waals surface area (Å²) in [6.45, 7) is 3.98. The van der Waals surface area contributed by atoms with Crippen LogP contribution in [-0.4, -0.2) is 65.6 Å². The second-order valence-corrected chi connectivity index (χ2v) is 9.46. The molecular formula is C26H25F2N9O. The van der Waals surface area contributed by atoms with E-state index in [2.05, 4.69) is 36.1 Å². The van der Waals surface area contributed by atoms with Crippen LogP contribution < -0.4 is 9.80 Å². The monoisotopic (exact) mass is 517 g/mol. The Labute approximate surface area is 216 Å². The van der Waals surface area contributed by atoms with Gasteiger partial charge in [-0.05, 0) is 25.1 Å². The van der Waals surface area contributed by atoms with E-state index in [0.717, 1.165) is 34.6 Å². The van der Waals surface area contributed by atoms with E-state index in [1.54, 1.807) is 11.0 Å². The van der Waals surface area contributed by atoms with Gasteiger partial charge in [0, 0.05) is 74.7 Å². The average molecular weight is 518 g/mol. The summed E-state index contributed by atoms with van der Waals surface area (Å²) in [5.74, 6) is -0.337. The Morgan fingerprint density at radius 3 is 2.21 bits per heavy atom. The molecule has 1 atom stereocenters. The highest BCUT2D eigenvalue weighted by Gasteiger charge is 2.33. The predicted molar refractivity (Wildman–Crippen MR) is 137 cm³/mol. The van der Waals surface area contributed by atoms with Crippen LogP contribution in [0.15, 0.2) is 61.6 Å². The predicted octanol–water partition coefficient (Wildman–Crippen LogP) is 2.78. The zero-order valence-electron chi connectivity index (χ0n) is 20.8. The minimum absolute atomic E-state index is 0.199. The molecule has 0 bridgehead atoms. The average Bonchev–Trinajstić information content (AvgIpc) is 3.55. The molecular weight excluding hydrogens is 492 g/mol. The van der Waals surface area contributed by atoms with Gasteiger partial charge in [0.25, 0.3) is 0 Å². The van der Waals surface area contributed by atoms with E-state index in [1.807, 2.05) is 35.1 Å². The number of nitrogens with zero attached hydrogens (tertiary/aromatic N) is 9. The molecule has 0 radical (unpaired) electrons. The van der Waals surface area contributed by atoms with Crippen molar-refractivity contribution in [3.63, 3.8) is 0 Å². The molecule has 1 saturated heterocycles. The number of benzene rings is 1. The highest BCUT2D eigenvalue weighted by molar-refractivity contribution is 5.77. The third kappa shape index (κ3) is 4.12. The van der Waals surface area contributed by atoms with Crippen LogP contribution in [0, 0.1) is 11.6 Å². The first-order valence-corrected chi connectivity index (χ1v) is 12.1. The number of hydrogen-bond acceptors (Lipinski definition) is 8. The number of piperazine rings is 1. The lowest BCUT2D eigenvalue weighted by atomic mass is 9.89. The number of rotatable bonds is 5. The third-order valence-electron chi connectivity index (χ3n) is 6.94. The van der Waals surface area contributed by atoms with E-state index in [0.29, 0.717) is 32.1 Å². The largest absolute Gasteiger partial charge is 0.380 e. The van der Waals surface area contributed by atoms with Crippen molar-refractivity contribution in [2.45, 2.75) is 12.5 Å². The van der Waals surface area contributed by atoms with Gasteiger partial charge in [-0.3, -0.25) is 4.68 Å². The Bertz CT molecular complexity index is 1580. The molecule has 12 heteroatoms. The summed E-state index contributed by atoms with van der Waals surface area (Å²) < 4.78 is 32.2. The van der Waals surface area contributed by atoms with E-state index >= 15 is 0 Å². The van der Waals surface area contributed by atoms with Gasteiger partial charge in [-0.25, -0.2) is 28.2 Å². The van der Waals surface area contributed by atoms with Gasteiger partial charge in [0.2, 0.25) is 5.95 Å². The van der Waals surface area contributed by atoms with Gasteiger partial charge < -0.3 is 14.9 Å². The summed E-state index contributed by atoms with van der Waals surface area (Å²) in [4.78, 5) is 17.6. The summed E-state index contributed by atoms with van der Waals surface area (Å²) in [5.41, 5.74) is 0.770. The minimum Gasteiger partial charge on any atom is -0.380 e. The van der Waals surface area contributed by atoms with Gasteiger partial charge in [-0.15, -0.1) is 0 Å². The number of aromatic nitrogens is 7. The molecule has 1 N–H and O–H groups in total. The number of anilines is 2. The Morgan fingerprint density at radius 2 is 1.55 bits per heavy atom. The first kappa shape index (κ1) is 23.9. The van der Waals surface area contributed by atoms with E-state index in [1.165, 1.54) is 25.4 Å². The van der Waals surface area contributed by atoms with Crippen LogP contribution in [0.4, 0.5) is 20.5 Å². The lowest BCUT2D eigenvalue weighted by Crippen LogP contribution is -2.47. The molecule has 4 aromatic heterocycles. The van der Waals surface area contributed by atoms with Gasteiger partial charge in [0.05, 0.1) is 11.8 Å². The molecule has 5 aromatic rings. The van der Waals surface area contributed by atoms with Crippen molar-refractivity contribution in [3.8, 4) is 11.1 Å². The second kappa shape index (κ2) is 9.14. The number of aryl methyl sites for hydroxylation is 1. The van der Waals surface area contributed by atoms with E-state index < -0.39 is 22.8 Å². The molecule has 0 saturated carbocycles. The van der Waals surface area contributed by atoms with Gasteiger partial charge in [-0.2, -0.15) is 10.2 Å². The van der Waals surface area contributed by atoms with Crippen LogP contribution in [0.1, 0.15) is 18.1 Å². The van der Waals surface area contributed by atoms with Crippen molar-refractivity contribution in [3.05, 3.63) is 84.3 Å². The minimum atomic E-state index is -1.92. The molecule has 194 valence electrons. The van der Waals surface area contributed by atoms with Crippen LogP contribution in [0.2, 0.25) is 0 Å². The molecule has 1 fully saturated rings. The molecule has 6 rings (SSSR count). The molecule has 0 amide bonds. The topological polar surface area (TPSA) is 100 Å². The maximum absolute atomic E-state index is 14.3. The van der Waals surface area contributed by atoms with Crippen LogP contribution in [-0.2, 0) is 12.6 Å². The Balaban J connectivity index is 1.18. The fourth-order valence-electron chi connectivity index (χ4n) is 4.85. The van der Waals surface area contributed by atoms with Crippen molar-refractivity contribution in [1.29, 1.82) is 0 Å². The quantitative estimate of drug-likeness (QED) is 0.380. The Kier molecular flexibility index (Phi) is 5.75. The Morgan fingerprint density at radius 1 is 0.868 bits per heavy atom. The SMILES string of the molecule is Cn1cc(-c2cc3c(N4CCN(c5ncc([C@](C)(O)c6c(F)cccc6F)cn5)CC4)ncnn3c2)cn1. The number of hydrogen-bond donors (Lipinski definition) is 1. The maximum Gasteiger partial charge on any atom is 0.225 e. The van der Waals surface area contributed by atoms with Crippen LogP contribution >= 0.6 is 0 Å². The summed E-state index contributed by atoms with van der Waals surface area (Å²) >= 11 is 0.